The summed E-state index contributed by atoms with van der Waals surface area (Å²) in [4.78, 5) is 21.7. The van der Waals surface area contributed by atoms with Crippen molar-refractivity contribution < 1.29 is 14.3 Å². The van der Waals surface area contributed by atoms with E-state index >= 15 is 0 Å². The minimum Gasteiger partial charge on any atom is -0.461 e. The Morgan fingerprint density at radius 2 is 1.71 bits per heavy atom. The first-order valence-corrected chi connectivity index (χ1v) is 5.86. The molecule has 0 unspecified atom stereocenters. The van der Waals surface area contributed by atoms with Gasteiger partial charge in [0, 0.05) is 0 Å². The lowest BCUT2D eigenvalue weighted by Crippen LogP contribution is -2.08. The van der Waals surface area contributed by atoms with Gasteiger partial charge in [0.05, 0.1) is 0 Å². The lowest BCUT2D eigenvalue weighted by atomic mass is 10.1. The van der Waals surface area contributed by atoms with Crippen LogP contribution in [-0.4, -0.2) is 18.4 Å². The van der Waals surface area contributed by atoms with Gasteiger partial charge in [-0.1, -0.05) is 17.2 Å². The number of hydrogen-bond acceptors (Lipinski definition) is 3. The van der Waals surface area contributed by atoms with Crippen molar-refractivity contribution in [3.63, 3.8) is 0 Å². The first-order valence-electron chi connectivity index (χ1n) is 5.86. The zero-order valence-corrected chi connectivity index (χ0v) is 11.2. The number of allylic oxidation sites excluding steroid dienone is 3. The Bertz CT molecular complexity index is 320. The van der Waals surface area contributed by atoms with Gasteiger partial charge in [0.1, 0.15) is 18.8 Å². The molecule has 0 amide bonds. The molecule has 0 heterocycles. The second-order valence-electron chi connectivity index (χ2n) is 4.43. The maximum Gasteiger partial charge on any atom is 0.313 e. The largest absolute Gasteiger partial charge is 0.461 e. The Morgan fingerprint density at radius 1 is 1.06 bits per heavy atom. The molecular weight excluding hydrogens is 216 g/mol. The van der Waals surface area contributed by atoms with Crippen molar-refractivity contribution in [2.24, 2.45) is 0 Å². The van der Waals surface area contributed by atoms with Crippen LogP contribution in [0.5, 0.6) is 0 Å². The normalized spacial score (nSPS) is 10.9. The summed E-state index contributed by atoms with van der Waals surface area (Å²) >= 11 is 0. The Hall–Kier alpha value is -1.38. The minimum atomic E-state index is -0.453. The van der Waals surface area contributed by atoms with Crippen molar-refractivity contribution in [2.75, 3.05) is 6.61 Å². The molecule has 0 aromatic heterocycles. The molecule has 0 saturated heterocycles. The number of ether oxygens (including phenoxy) is 1. The van der Waals surface area contributed by atoms with E-state index in [2.05, 4.69) is 19.9 Å². The third-order valence-corrected chi connectivity index (χ3v) is 2.16. The highest BCUT2D eigenvalue weighted by Crippen LogP contribution is 2.06. The predicted octanol–water partition coefficient (Wildman–Crippen LogP) is 3.20. The van der Waals surface area contributed by atoms with Gasteiger partial charge in [0.15, 0.2) is 0 Å². The third kappa shape index (κ3) is 10.9. The molecule has 3 heteroatoms. The molecule has 0 aromatic carbocycles. The number of carbonyl (C=O) groups is 2. The highest BCUT2D eigenvalue weighted by Gasteiger charge is 2.04. The van der Waals surface area contributed by atoms with Gasteiger partial charge >= 0.3 is 5.97 Å². The van der Waals surface area contributed by atoms with Crippen LogP contribution in [0.15, 0.2) is 23.3 Å². The van der Waals surface area contributed by atoms with Gasteiger partial charge in [-0.25, -0.2) is 0 Å². The number of carbonyl (C=O) groups excluding carboxylic acids is 2. The van der Waals surface area contributed by atoms with Gasteiger partial charge in [-0.05, 0) is 46.6 Å². The summed E-state index contributed by atoms with van der Waals surface area (Å²) in [6, 6.07) is 0. The molecule has 0 aliphatic heterocycles. The number of ketones is 1. The van der Waals surface area contributed by atoms with Gasteiger partial charge in [0.2, 0.25) is 0 Å². The summed E-state index contributed by atoms with van der Waals surface area (Å²) < 4.78 is 4.90. The maximum atomic E-state index is 11.1. The first-order chi connectivity index (χ1) is 7.91. The molecule has 96 valence electrons. The molecule has 0 aliphatic rings. The van der Waals surface area contributed by atoms with Gasteiger partial charge < -0.3 is 4.74 Å². The van der Waals surface area contributed by atoms with Crippen molar-refractivity contribution in [3.05, 3.63) is 23.3 Å². The van der Waals surface area contributed by atoms with Crippen LogP contribution in [0.3, 0.4) is 0 Å². The first kappa shape index (κ1) is 15.6. The van der Waals surface area contributed by atoms with Gasteiger partial charge in [-0.2, -0.15) is 0 Å². The van der Waals surface area contributed by atoms with Crippen LogP contribution in [0.2, 0.25) is 0 Å². The van der Waals surface area contributed by atoms with E-state index in [1.165, 1.54) is 18.1 Å². The van der Waals surface area contributed by atoms with E-state index in [4.69, 9.17) is 4.74 Å². The van der Waals surface area contributed by atoms with Gasteiger partial charge in [-0.15, -0.1) is 0 Å². The highest BCUT2D eigenvalue weighted by molar-refractivity contribution is 5.94. The Balaban J connectivity index is 3.80. The summed E-state index contributed by atoms with van der Waals surface area (Å²) in [5.74, 6) is -0.620. The molecule has 17 heavy (non-hydrogen) atoms. The monoisotopic (exact) mass is 238 g/mol. The SMILES string of the molecule is CC(=O)CC(=O)OC/C=C(\C)CCC=C(C)C. The zero-order chi connectivity index (χ0) is 13.3. The quantitative estimate of drug-likeness (QED) is 0.388. The van der Waals surface area contributed by atoms with Crippen LogP contribution in [0.25, 0.3) is 0 Å². The lowest BCUT2D eigenvalue weighted by molar-refractivity contribution is -0.144. The van der Waals surface area contributed by atoms with E-state index in [1.807, 2.05) is 13.0 Å². The van der Waals surface area contributed by atoms with Gasteiger partial charge in [0.25, 0.3) is 0 Å². The molecule has 0 rings (SSSR count). The number of Topliss-reactive ketones (excluding diaryl/α,β-unsaturated/α-hetero) is 1. The van der Waals surface area contributed by atoms with Crippen molar-refractivity contribution >= 4 is 11.8 Å². The van der Waals surface area contributed by atoms with Crippen LogP contribution in [0.4, 0.5) is 0 Å². The smallest absolute Gasteiger partial charge is 0.313 e. The fraction of sp³-hybridized carbons (Fsp3) is 0.571. The summed E-state index contributed by atoms with van der Waals surface area (Å²) in [7, 11) is 0. The van der Waals surface area contributed by atoms with E-state index in [-0.39, 0.29) is 18.8 Å². The second kappa shape index (κ2) is 8.74. The van der Waals surface area contributed by atoms with Crippen molar-refractivity contribution in [1.82, 2.24) is 0 Å². The van der Waals surface area contributed by atoms with E-state index in [1.54, 1.807) is 0 Å². The standard InChI is InChI=1S/C14H22O3/c1-11(2)6-5-7-12(3)8-9-17-14(16)10-13(4)15/h6,8H,5,7,9-10H2,1-4H3/b12-8+. The molecule has 0 aromatic rings. The molecule has 0 atom stereocenters. The summed E-state index contributed by atoms with van der Waals surface area (Å²) in [5.41, 5.74) is 2.50. The van der Waals surface area contributed by atoms with Crippen molar-refractivity contribution in [2.45, 2.75) is 47.0 Å². The van der Waals surface area contributed by atoms with Crippen LogP contribution in [-0.2, 0) is 14.3 Å². The van der Waals surface area contributed by atoms with E-state index in [0.717, 1.165) is 12.8 Å². The summed E-state index contributed by atoms with van der Waals surface area (Å²) in [6.07, 6.45) is 5.90. The van der Waals surface area contributed by atoms with E-state index in [0.29, 0.717) is 0 Å². The Labute approximate surface area is 104 Å². The minimum absolute atomic E-state index is 0.134. The third-order valence-electron chi connectivity index (χ3n) is 2.16. The molecule has 0 spiro atoms. The molecule has 0 saturated carbocycles. The summed E-state index contributed by atoms with van der Waals surface area (Å²) in [6.45, 7) is 7.79. The van der Waals surface area contributed by atoms with Crippen LogP contribution < -0.4 is 0 Å². The van der Waals surface area contributed by atoms with Crippen molar-refractivity contribution in [1.29, 1.82) is 0 Å². The predicted molar refractivity (Wildman–Crippen MR) is 68.7 cm³/mol. The number of esters is 1. The van der Waals surface area contributed by atoms with Crippen LogP contribution >= 0.6 is 0 Å². The van der Waals surface area contributed by atoms with Gasteiger partial charge in [-0.3, -0.25) is 9.59 Å². The molecule has 0 fully saturated rings. The van der Waals surface area contributed by atoms with Crippen LogP contribution in [0, 0.1) is 0 Å². The van der Waals surface area contributed by atoms with E-state index in [9.17, 15) is 9.59 Å². The number of rotatable bonds is 7. The van der Waals surface area contributed by atoms with E-state index < -0.39 is 5.97 Å². The number of hydrogen-bond donors (Lipinski definition) is 0. The Morgan fingerprint density at radius 3 is 2.24 bits per heavy atom. The maximum absolute atomic E-state index is 11.1. The second-order valence-corrected chi connectivity index (χ2v) is 4.43. The molecule has 3 nitrogen and oxygen atoms in total. The van der Waals surface area contributed by atoms with Crippen molar-refractivity contribution in [3.8, 4) is 0 Å². The average Bonchev–Trinajstić information content (AvgIpc) is 2.15. The molecular formula is C14H22O3. The molecule has 0 aliphatic carbocycles. The fourth-order valence-corrected chi connectivity index (χ4v) is 1.22. The highest BCUT2D eigenvalue weighted by atomic mass is 16.5. The molecule has 0 radical (unpaired) electrons. The molecule has 0 bridgehead atoms. The average molecular weight is 238 g/mol. The lowest BCUT2D eigenvalue weighted by Gasteiger charge is -2.02. The topological polar surface area (TPSA) is 43.4 Å². The fourth-order valence-electron chi connectivity index (χ4n) is 1.22. The van der Waals surface area contributed by atoms with Crippen LogP contribution in [0.1, 0.15) is 47.0 Å². The molecule has 0 N–H and O–H groups in total. The Kier molecular flexibility index (Phi) is 8.03. The summed E-state index contributed by atoms with van der Waals surface area (Å²) in [5, 5.41) is 0. The zero-order valence-electron chi connectivity index (χ0n) is 11.2.